The number of aliphatic imine (C=N–C) groups is 1. The van der Waals surface area contributed by atoms with E-state index in [0.717, 1.165) is 11.3 Å². The fourth-order valence-electron chi connectivity index (χ4n) is 1.17. The minimum atomic E-state index is -0.153. The van der Waals surface area contributed by atoms with E-state index >= 15 is 0 Å². The molecule has 0 amide bonds. The second kappa shape index (κ2) is 5.20. The van der Waals surface area contributed by atoms with Gasteiger partial charge in [0.2, 0.25) is 0 Å². The van der Waals surface area contributed by atoms with Crippen molar-refractivity contribution >= 4 is 29.9 Å². The molecule has 1 aliphatic rings. The van der Waals surface area contributed by atoms with E-state index in [2.05, 4.69) is 4.99 Å². The van der Waals surface area contributed by atoms with E-state index in [0.29, 0.717) is 0 Å². The summed E-state index contributed by atoms with van der Waals surface area (Å²) < 4.78 is 0. The largest absolute Gasteiger partial charge is 0.301 e. The van der Waals surface area contributed by atoms with E-state index in [9.17, 15) is 0 Å². The van der Waals surface area contributed by atoms with E-state index in [1.54, 1.807) is 0 Å². The molecule has 1 heterocycles. The Morgan fingerprint density at radius 3 is 2.57 bits per heavy atom. The minimum absolute atomic E-state index is 0. The molecule has 0 saturated heterocycles. The van der Waals surface area contributed by atoms with Gasteiger partial charge in [-0.25, -0.2) is 0 Å². The minimum Gasteiger partial charge on any atom is -0.301 e. The Kier molecular flexibility index (Phi) is 4.20. The SMILES string of the molecule is Cl.NC1N=C(c2ccccc2)C=CS1. The molecule has 2 N–H and O–H groups in total. The third-order valence-electron chi connectivity index (χ3n) is 1.78. The Morgan fingerprint density at radius 2 is 1.93 bits per heavy atom. The number of rotatable bonds is 1. The van der Waals surface area contributed by atoms with Crippen molar-refractivity contribution in [1.82, 2.24) is 0 Å². The summed E-state index contributed by atoms with van der Waals surface area (Å²) in [5.41, 5.74) is 7.62. The van der Waals surface area contributed by atoms with E-state index in [4.69, 9.17) is 5.73 Å². The molecule has 0 aromatic heterocycles. The maximum absolute atomic E-state index is 5.69. The second-order valence-corrected chi connectivity index (χ2v) is 3.74. The van der Waals surface area contributed by atoms with Crippen LogP contribution in [0.5, 0.6) is 0 Å². The monoisotopic (exact) mass is 226 g/mol. The molecule has 4 heteroatoms. The fourth-order valence-corrected chi connectivity index (χ4v) is 1.72. The smallest absolute Gasteiger partial charge is 0.149 e. The average Bonchev–Trinajstić information content (AvgIpc) is 2.19. The van der Waals surface area contributed by atoms with Crippen molar-refractivity contribution in [2.45, 2.75) is 5.50 Å². The lowest BCUT2D eigenvalue weighted by Crippen LogP contribution is -2.16. The molecule has 1 aromatic carbocycles. The quantitative estimate of drug-likeness (QED) is 0.799. The summed E-state index contributed by atoms with van der Waals surface area (Å²) in [6.45, 7) is 0. The zero-order valence-corrected chi connectivity index (χ0v) is 9.09. The summed E-state index contributed by atoms with van der Waals surface area (Å²) in [5.74, 6) is 0. The molecule has 0 radical (unpaired) electrons. The number of allylic oxidation sites excluding steroid dienone is 1. The predicted molar refractivity (Wildman–Crippen MR) is 64.9 cm³/mol. The summed E-state index contributed by atoms with van der Waals surface area (Å²) in [4.78, 5) is 4.32. The normalized spacial score (nSPS) is 19.8. The Morgan fingerprint density at radius 1 is 1.21 bits per heavy atom. The van der Waals surface area contributed by atoms with Crippen LogP contribution in [0, 0.1) is 0 Å². The summed E-state index contributed by atoms with van der Waals surface area (Å²) in [7, 11) is 0. The number of nitrogens with zero attached hydrogens (tertiary/aromatic N) is 1. The van der Waals surface area contributed by atoms with Gasteiger partial charge >= 0.3 is 0 Å². The van der Waals surface area contributed by atoms with Gasteiger partial charge in [-0.1, -0.05) is 42.1 Å². The molecule has 0 saturated carbocycles. The zero-order chi connectivity index (χ0) is 9.10. The first-order chi connectivity index (χ1) is 6.36. The molecule has 14 heavy (non-hydrogen) atoms. The van der Waals surface area contributed by atoms with Crippen molar-refractivity contribution in [2.24, 2.45) is 10.7 Å². The highest BCUT2D eigenvalue weighted by Crippen LogP contribution is 2.17. The zero-order valence-electron chi connectivity index (χ0n) is 7.46. The highest BCUT2D eigenvalue weighted by Gasteiger charge is 2.06. The van der Waals surface area contributed by atoms with Gasteiger partial charge in [-0.3, -0.25) is 4.99 Å². The maximum Gasteiger partial charge on any atom is 0.149 e. The van der Waals surface area contributed by atoms with Crippen LogP contribution in [-0.2, 0) is 0 Å². The molecule has 0 fully saturated rings. The first kappa shape index (κ1) is 11.3. The molecule has 1 atom stereocenters. The first-order valence-electron chi connectivity index (χ1n) is 4.07. The molecule has 1 unspecified atom stereocenters. The molecule has 74 valence electrons. The van der Waals surface area contributed by atoms with Crippen LogP contribution in [0.4, 0.5) is 0 Å². The van der Waals surface area contributed by atoms with Crippen LogP contribution in [0.3, 0.4) is 0 Å². The third kappa shape index (κ3) is 2.61. The number of hydrogen-bond acceptors (Lipinski definition) is 3. The lowest BCUT2D eigenvalue weighted by molar-refractivity contribution is 0.991. The highest BCUT2D eigenvalue weighted by molar-refractivity contribution is 8.02. The first-order valence-corrected chi connectivity index (χ1v) is 5.01. The average molecular weight is 227 g/mol. The highest BCUT2D eigenvalue weighted by atomic mass is 35.5. The number of thioether (sulfide) groups is 1. The molecule has 1 aliphatic heterocycles. The molecule has 2 nitrogen and oxygen atoms in total. The van der Waals surface area contributed by atoms with Crippen molar-refractivity contribution in [3.05, 3.63) is 47.4 Å². The molecule has 1 aromatic rings. The lowest BCUT2D eigenvalue weighted by atomic mass is 10.1. The van der Waals surface area contributed by atoms with Gasteiger partial charge in [0.25, 0.3) is 0 Å². The summed E-state index contributed by atoms with van der Waals surface area (Å²) in [6.07, 6.45) is 1.99. The molecule has 0 spiro atoms. The fraction of sp³-hybridized carbons (Fsp3) is 0.100. The topological polar surface area (TPSA) is 38.4 Å². The molecule has 0 aliphatic carbocycles. The van der Waals surface area contributed by atoms with E-state index < -0.39 is 0 Å². The number of hydrogen-bond donors (Lipinski definition) is 1. The summed E-state index contributed by atoms with van der Waals surface area (Å²) >= 11 is 1.53. The van der Waals surface area contributed by atoms with Crippen LogP contribution in [0.1, 0.15) is 5.56 Å². The molecular weight excluding hydrogens is 216 g/mol. The van der Waals surface area contributed by atoms with Crippen LogP contribution in [0.2, 0.25) is 0 Å². The van der Waals surface area contributed by atoms with Crippen molar-refractivity contribution in [3.8, 4) is 0 Å². The van der Waals surface area contributed by atoms with Gasteiger partial charge in [0.15, 0.2) is 0 Å². The number of nitrogens with two attached hydrogens (primary N) is 1. The molecule has 0 bridgehead atoms. The van der Waals surface area contributed by atoms with Crippen molar-refractivity contribution in [1.29, 1.82) is 0 Å². The third-order valence-corrected chi connectivity index (χ3v) is 2.46. The molecular formula is C10H11ClN2S. The summed E-state index contributed by atoms with van der Waals surface area (Å²) in [6, 6.07) is 10.1. The number of benzene rings is 1. The van der Waals surface area contributed by atoms with Crippen LogP contribution >= 0.6 is 24.2 Å². The van der Waals surface area contributed by atoms with Crippen LogP contribution in [0.15, 0.2) is 46.8 Å². The van der Waals surface area contributed by atoms with Gasteiger partial charge in [-0.15, -0.1) is 12.4 Å². The van der Waals surface area contributed by atoms with Crippen LogP contribution < -0.4 is 5.73 Å². The van der Waals surface area contributed by atoms with Crippen LogP contribution in [-0.4, -0.2) is 11.2 Å². The van der Waals surface area contributed by atoms with Gasteiger partial charge in [0.1, 0.15) is 5.50 Å². The Hall–Kier alpha value is -0.770. The van der Waals surface area contributed by atoms with E-state index in [1.165, 1.54) is 11.8 Å². The second-order valence-electron chi connectivity index (χ2n) is 2.71. The van der Waals surface area contributed by atoms with E-state index in [1.807, 2.05) is 41.8 Å². The summed E-state index contributed by atoms with van der Waals surface area (Å²) in [5, 5.41) is 1.99. The Labute approximate surface area is 93.7 Å². The number of halogens is 1. The standard InChI is InChI=1S/C10H10N2S.ClH/c11-10-12-9(6-7-13-10)8-4-2-1-3-5-8;/h1-7,10H,11H2;1H. The van der Waals surface area contributed by atoms with Crippen molar-refractivity contribution < 1.29 is 0 Å². The van der Waals surface area contributed by atoms with Crippen LogP contribution in [0.25, 0.3) is 0 Å². The van der Waals surface area contributed by atoms with Gasteiger partial charge in [0, 0.05) is 0 Å². The van der Waals surface area contributed by atoms with Gasteiger partial charge in [-0.2, -0.15) is 0 Å². The van der Waals surface area contributed by atoms with E-state index in [-0.39, 0.29) is 17.9 Å². The van der Waals surface area contributed by atoms with Crippen molar-refractivity contribution in [2.75, 3.05) is 0 Å². The predicted octanol–water partition coefficient (Wildman–Crippen LogP) is 2.40. The Bertz CT molecular complexity index is 348. The Balaban J connectivity index is 0.000000980. The van der Waals surface area contributed by atoms with Gasteiger partial charge in [0.05, 0.1) is 5.71 Å². The van der Waals surface area contributed by atoms with Gasteiger partial charge < -0.3 is 5.73 Å². The lowest BCUT2D eigenvalue weighted by Gasteiger charge is -2.10. The molecule has 2 rings (SSSR count). The van der Waals surface area contributed by atoms with Crippen molar-refractivity contribution in [3.63, 3.8) is 0 Å². The maximum atomic E-state index is 5.69. The van der Waals surface area contributed by atoms with Gasteiger partial charge in [-0.05, 0) is 17.0 Å².